The van der Waals surface area contributed by atoms with Gasteiger partial charge in [0.15, 0.2) is 5.79 Å². The predicted molar refractivity (Wildman–Crippen MR) is 139 cm³/mol. The highest BCUT2D eigenvalue weighted by atomic mass is 19.1. The smallest absolute Gasteiger partial charge is 0.258 e. The first-order chi connectivity index (χ1) is 17.4. The molecule has 2 aromatic carbocycles. The van der Waals surface area contributed by atoms with Crippen LogP contribution in [0.15, 0.2) is 36.4 Å². The van der Waals surface area contributed by atoms with Crippen molar-refractivity contribution in [3.63, 3.8) is 0 Å². The average Bonchev–Trinajstić information content (AvgIpc) is 3.55. The zero-order valence-electron chi connectivity index (χ0n) is 21.2. The third-order valence-electron chi connectivity index (χ3n) is 8.35. The molecule has 0 radical (unpaired) electrons. The molecule has 0 saturated carbocycles. The predicted octanol–water partition coefficient (Wildman–Crippen LogP) is 3.51. The van der Waals surface area contributed by atoms with Gasteiger partial charge in [-0.15, -0.1) is 0 Å². The van der Waals surface area contributed by atoms with Gasteiger partial charge in [-0.1, -0.05) is 0 Å². The quantitative estimate of drug-likeness (QED) is 0.649. The van der Waals surface area contributed by atoms with Crippen LogP contribution in [-0.4, -0.2) is 82.7 Å². The van der Waals surface area contributed by atoms with Crippen molar-refractivity contribution in [1.29, 1.82) is 0 Å². The molecule has 0 unspecified atom stereocenters. The Kier molecular flexibility index (Phi) is 6.14. The molecule has 1 spiro atoms. The van der Waals surface area contributed by atoms with E-state index >= 15 is 4.39 Å². The van der Waals surface area contributed by atoms with Crippen molar-refractivity contribution >= 4 is 23.0 Å². The van der Waals surface area contributed by atoms with Gasteiger partial charge in [-0.3, -0.25) is 4.79 Å². The van der Waals surface area contributed by atoms with Crippen LogP contribution in [0.5, 0.6) is 0 Å². The molecule has 7 nitrogen and oxygen atoms in total. The van der Waals surface area contributed by atoms with Crippen LogP contribution < -0.4 is 14.7 Å². The normalized spacial score (nSPS) is 23.7. The standard InChI is InChI=1S/C28H35FN4O3/c1-30(2)23-8-11-32(19-23)26-6-4-22(18-25(26)29)33-12-7-20-17-21(3-5-24(20)27(33)34)31-13-9-28(10-14-31)35-15-16-36-28/h3-6,17-18,23H,7-16,19H2,1-2H3/t23-/m1/s1. The first-order valence-corrected chi connectivity index (χ1v) is 13.1. The summed E-state index contributed by atoms with van der Waals surface area (Å²) in [5.41, 5.74) is 4.15. The first-order valence-electron chi connectivity index (χ1n) is 13.1. The summed E-state index contributed by atoms with van der Waals surface area (Å²) >= 11 is 0. The molecular weight excluding hydrogens is 459 g/mol. The lowest BCUT2D eigenvalue weighted by molar-refractivity contribution is -0.169. The molecule has 4 heterocycles. The maximum absolute atomic E-state index is 15.2. The first kappa shape index (κ1) is 23.7. The molecule has 4 aliphatic rings. The van der Waals surface area contributed by atoms with E-state index < -0.39 is 5.79 Å². The molecule has 0 aliphatic carbocycles. The van der Waals surface area contributed by atoms with Gasteiger partial charge in [0.25, 0.3) is 5.91 Å². The summed E-state index contributed by atoms with van der Waals surface area (Å²) in [5.74, 6) is -0.720. The maximum atomic E-state index is 15.2. The highest BCUT2D eigenvalue weighted by Crippen LogP contribution is 2.35. The van der Waals surface area contributed by atoms with E-state index in [0.717, 1.165) is 63.1 Å². The third kappa shape index (κ3) is 4.25. The second-order valence-electron chi connectivity index (χ2n) is 10.6. The number of fused-ring (bicyclic) bond motifs is 1. The van der Waals surface area contributed by atoms with Crippen LogP contribution in [0.3, 0.4) is 0 Å². The summed E-state index contributed by atoms with van der Waals surface area (Å²) in [7, 11) is 4.14. The number of anilines is 3. The highest BCUT2D eigenvalue weighted by molar-refractivity contribution is 6.08. The molecule has 36 heavy (non-hydrogen) atoms. The van der Waals surface area contributed by atoms with E-state index in [0.29, 0.717) is 42.7 Å². The molecule has 8 heteroatoms. The van der Waals surface area contributed by atoms with Crippen LogP contribution >= 0.6 is 0 Å². The second kappa shape index (κ2) is 9.32. The third-order valence-corrected chi connectivity index (χ3v) is 8.35. The Morgan fingerprint density at radius 3 is 2.39 bits per heavy atom. The largest absolute Gasteiger partial charge is 0.371 e. The number of nitrogens with zero attached hydrogens (tertiary/aromatic N) is 4. The molecule has 4 aliphatic heterocycles. The summed E-state index contributed by atoms with van der Waals surface area (Å²) in [6.07, 6.45) is 3.48. The van der Waals surface area contributed by atoms with E-state index in [1.165, 1.54) is 6.07 Å². The van der Waals surface area contributed by atoms with Gasteiger partial charge >= 0.3 is 0 Å². The Bertz CT molecular complexity index is 1140. The lowest BCUT2D eigenvalue weighted by Gasteiger charge is -2.39. The fourth-order valence-electron chi connectivity index (χ4n) is 6.11. The number of benzene rings is 2. The van der Waals surface area contributed by atoms with E-state index in [-0.39, 0.29) is 11.7 Å². The summed E-state index contributed by atoms with van der Waals surface area (Å²) in [5, 5.41) is 0. The number of ether oxygens (including phenoxy) is 2. The van der Waals surface area contributed by atoms with Crippen LogP contribution in [-0.2, 0) is 15.9 Å². The molecule has 0 N–H and O–H groups in total. The zero-order valence-corrected chi connectivity index (χ0v) is 21.2. The molecule has 2 aromatic rings. The lowest BCUT2D eigenvalue weighted by Crippen LogP contribution is -2.45. The van der Waals surface area contributed by atoms with E-state index in [9.17, 15) is 4.79 Å². The zero-order chi connectivity index (χ0) is 24.9. The van der Waals surface area contributed by atoms with Crippen LogP contribution in [0.4, 0.5) is 21.5 Å². The molecule has 0 bridgehead atoms. The van der Waals surface area contributed by atoms with Gasteiger partial charge in [-0.2, -0.15) is 0 Å². The van der Waals surface area contributed by atoms with Gasteiger partial charge in [0, 0.05) is 68.5 Å². The van der Waals surface area contributed by atoms with Crippen LogP contribution in [0.2, 0.25) is 0 Å². The summed E-state index contributed by atoms with van der Waals surface area (Å²) < 4.78 is 26.9. The lowest BCUT2D eigenvalue weighted by atomic mass is 9.96. The van der Waals surface area contributed by atoms with E-state index in [4.69, 9.17) is 9.47 Å². The topological polar surface area (TPSA) is 48.5 Å². The van der Waals surface area contributed by atoms with E-state index in [2.05, 4.69) is 34.9 Å². The number of carbonyl (C=O) groups is 1. The Labute approximate surface area is 212 Å². The second-order valence-corrected chi connectivity index (χ2v) is 10.6. The Balaban J connectivity index is 1.15. The van der Waals surface area contributed by atoms with Crippen molar-refractivity contribution in [3.05, 3.63) is 53.3 Å². The van der Waals surface area contributed by atoms with Crippen LogP contribution in [0.1, 0.15) is 35.2 Å². The summed E-state index contributed by atoms with van der Waals surface area (Å²) in [6, 6.07) is 11.8. The van der Waals surface area contributed by atoms with Gasteiger partial charge in [-0.25, -0.2) is 4.39 Å². The fourth-order valence-corrected chi connectivity index (χ4v) is 6.11. The summed E-state index contributed by atoms with van der Waals surface area (Å²) in [4.78, 5) is 21.7. The molecular formula is C28H35FN4O3. The number of rotatable bonds is 4. The highest BCUT2D eigenvalue weighted by Gasteiger charge is 2.40. The van der Waals surface area contributed by atoms with Gasteiger partial charge < -0.3 is 29.1 Å². The molecule has 1 amide bonds. The van der Waals surface area contributed by atoms with Crippen LogP contribution in [0, 0.1) is 5.82 Å². The minimum Gasteiger partial charge on any atom is -0.371 e. The average molecular weight is 495 g/mol. The molecule has 3 fully saturated rings. The minimum absolute atomic E-state index is 0.0610. The van der Waals surface area contributed by atoms with Crippen molar-refractivity contribution < 1.29 is 18.7 Å². The number of hydrogen-bond acceptors (Lipinski definition) is 6. The van der Waals surface area contributed by atoms with Gasteiger partial charge in [-0.05, 0) is 68.9 Å². The summed E-state index contributed by atoms with van der Waals surface area (Å²) in [6.45, 7) is 5.31. The van der Waals surface area contributed by atoms with E-state index in [1.807, 2.05) is 24.3 Å². The maximum Gasteiger partial charge on any atom is 0.258 e. The molecule has 1 atom stereocenters. The Hall–Kier alpha value is -2.68. The molecule has 3 saturated heterocycles. The molecule has 0 aromatic heterocycles. The number of amides is 1. The van der Waals surface area contributed by atoms with Crippen molar-refractivity contribution in [2.75, 3.05) is 74.7 Å². The van der Waals surface area contributed by atoms with Crippen molar-refractivity contribution in [2.45, 2.75) is 37.5 Å². The van der Waals surface area contributed by atoms with Gasteiger partial charge in [0.2, 0.25) is 0 Å². The fraction of sp³-hybridized carbons (Fsp3) is 0.536. The van der Waals surface area contributed by atoms with Crippen molar-refractivity contribution in [2.24, 2.45) is 0 Å². The SMILES string of the molecule is CN(C)[C@@H]1CCN(c2ccc(N3CCc4cc(N5CCC6(CC5)OCCO6)ccc4C3=O)cc2F)C1. The number of carbonyl (C=O) groups excluding carboxylic acids is 1. The van der Waals surface area contributed by atoms with Crippen molar-refractivity contribution in [1.82, 2.24) is 4.90 Å². The number of hydrogen-bond donors (Lipinski definition) is 0. The van der Waals surface area contributed by atoms with Crippen molar-refractivity contribution in [3.8, 4) is 0 Å². The monoisotopic (exact) mass is 494 g/mol. The van der Waals surface area contributed by atoms with Gasteiger partial charge in [0.05, 0.1) is 18.9 Å². The molecule has 192 valence electrons. The number of piperidine rings is 1. The molecule has 6 rings (SSSR count). The number of halogens is 1. The minimum atomic E-state index is -0.394. The van der Waals surface area contributed by atoms with E-state index in [1.54, 1.807) is 4.90 Å². The van der Waals surface area contributed by atoms with Gasteiger partial charge in [0.1, 0.15) is 5.82 Å². The number of likely N-dealkylation sites (N-methyl/N-ethyl adjacent to an activating group) is 1. The Morgan fingerprint density at radius 1 is 0.944 bits per heavy atom. The Morgan fingerprint density at radius 2 is 1.69 bits per heavy atom. The van der Waals surface area contributed by atoms with Crippen LogP contribution in [0.25, 0.3) is 0 Å².